The van der Waals surface area contributed by atoms with Gasteiger partial charge < -0.3 is 10.5 Å². The molecule has 0 saturated carbocycles. The van der Waals surface area contributed by atoms with Crippen LogP contribution in [-0.4, -0.2) is 29.7 Å². The van der Waals surface area contributed by atoms with Gasteiger partial charge in [-0.05, 0) is 50.9 Å². The highest BCUT2D eigenvalue weighted by molar-refractivity contribution is 5.39. The third-order valence-corrected chi connectivity index (χ3v) is 3.85. The fourth-order valence-electron chi connectivity index (χ4n) is 2.68. The van der Waals surface area contributed by atoms with Gasteiger partial charge in [-0.3, -0.25) is 4.90 Å². The van der Waals surface area contributed by atoms with E-state index in [2.05, 4.69) is 37.8 Å². The number of nitrogens with two attached hydrogens (primary N) is 1. The van der Waals surface area contributed by atoms with Gasteiger partial charge in [0, 0.05) is 18.8 Å². The van der Waals surface area contributed by atoms with Gasteiger partial charge in [0.25, 0.3) is 0 Å². The normalized spacial score (nSPS) is 22.0. The number of ether oxygens (including phenoxy) is 1. The number of rotatable bonds is 5. The van der Waals surface area contributed by atoms with Crippen molar-refractivity contribution >= 4 is 5.69 Å². The van der Waals surface area contributed by atoms with E-state index in [-0.39, 0.29) is 5.60 Å². The van der Waals surface area contributed by atoms with Crippen molar-refractivity contribution in [1.82, 2.24) is 4.90 Å². The highest BCUT2D eigenvalue weighted by Crippen LogP contribution is 2.29. The minimum absolute atomic E-state index is 0.0608. The number of nitrogen functional groups attached to an aromatic ring is 1. The lowest BCUT2D eigenvalue weighted by molar-refractivity contribution is -0.0290. The molecule has 1 aromatic rings. The van der Waals surface area contributed by atoms with Gasteiger partial charge in [-0.25, -0.2) is 0 Å². The van der Waals surface area contributed by atoms with Crippen molar-refractivity contribution in [3.05, 3.63) is 29.8 Å². The molecule has 1 atom stereocenters. The minimum Gasteiger partial charge on any atom is -0.399 e. The van der Waals surface area contributed by atoms with Crippen LogP contribution in [0, 0.1) is 0 Å². The Morgan fingerprint density at radius 2 is 2.00 bits per heavy atom. The highest BCUT2D eigenvalue weighted by Gasteiger charge is 2.32. The molecule has 0 radical (unpaired) electrons. The average Bonchev–Trinajstić information content (AvgIpc) is 2.70. The predicted octanol–water partition coefficient (Wildman–Crippen LogP) is 3.05. The van der Waals surface area contributed by atoms with Gasteiger partial charge in [0.15, 0.2) is 0 Å². The standard InChI is InChI=1S/C16H26N2O/c1-4-18(11-13-5-7-14(17)8-6-13)12-15-9-10-16(2,3)19-15/h5-8,15H,4,9-12,17H2,1-3H3. The van der Waals surface area contributed by atoms with E-state index in [1.54, 1.807) is 0 Å². The largest absolute Gasteiger partial charge is 0.399 e. The zero-order valence-corrected chi connectivity index (χ0v) is 12.4. The van der Waals surface area contributed by atoms with E-state index in [1.165, 1.54) is 12.0 Å². The van der Waals surface area contributed by atoms with E-state index in [9.17, 15) is 0 Å². The Balaban J connectivity index is 1.88. The fraction of sp³-hybridized carbons (Fsp3) is 0.625. The molecule has 1 aromatic carbocycles. The molecular weight excluding hydrogens is 236 g/mol. The Kier molecular flexibility index (Phi) is 4.48. The third-order valence-electron chi connectivity index (χ3n) is 3.85. The van der Waals surface area contributed by atoms with Crippen molar-refractivity contribution in [3.8, 4) is 0 Å². The van der Waals surface area contributed by atoms with Crippen molar-refractivity contribution in [2.75, 3.05) is 18.8 Å². The molecule has 0 bridgehead atoms. The van der Waals surface area contributed by atoms with E-state index in [0.717, 1.165) is 31.7 Å². The molecule has 1 aliphatic rings. The monoisotopic (exact) mass is 262 g/mol. The molecule has 0 aromatic heterocycles. The van der Waals surface area contributed by atoms with Crippen LogP contribution in [0.15, 0.2) is 24.3 Å². The summed E-state index contributed by atoms with van der Waals surface area (Å²) in [5, 5.41) is 0. The van der Waals surface area contributed by atoms with Crippen LogP contribution >= 0.6 is 0 Å². The number of anilines is 1. The van der Waals surface area contributed by atoms with Crippen LogP contribution < -0.4 is 5.73 Å². The van der Waals surface area contributed by atoms with Crippen LogP contribution in [-0.2, 0) is 11.3 Å². The van der Waals surface area contributed by atoms with Gasteiger partial charge in [0.2, 0.25) is 0 Å². The smallest absolute Gasteiger partial charge is 0.0710 e. The summed E-state index contributed by atoms with van der Waals surface area (Å²) in [5.41, 5.74) is 7.92. The molecule has 1 saturated heterocycles. The van der Waals surface area contributed by atoms with E-state index in [4.69, 9.17) is 10.5 Å². The number of benzene rings is 1. The van der Waals surface area contributed by atoms with E-state index in [1.807, 2.05) is 12.1 Å². The molecule has 3 nitrogen and oxygen atoms in total. The third kappa shape index (κ3) is 4.22. The quantitative estimate of drug-likeness (QED) is 0.829. The number of hydrogen-bond acceptors (Lipinski definition) is 3. The Hall–Kier alpha value is -1.06. The molecule has 3 heteroatoms. The van der Waals surface area contributed by atoms with Crippen molar-refractivity contribution in [3.63, 3.8) is 0 Å². The molecule has 0 aliphatic carbocycles. The van der Waals surface area contributed by atoms with Gasteiger partial charge in [0.1, 0.15) is 0 Å². The molecule has 106 valence electrons. The summed E-state index contributed by atoms with van der Waals surface area (Å²) in [4.78, 5) is 2.44. The van der Waals surface area contributed by atoms with Gasteiger partial charge in [0.05, 0.1) is 11.7 Å². The second kappa shape index (κ2) is 5.93. The number of nitrogens with zero attached hydrogens (tertiary/aromatic N) is 1. The first-order valence-electron chi connectivity index (χ1n) is 7.23. The fourth-order valence-corrected chi connectivity index (χ4v) is 2.68. The highest BCUT2D eigenvalue weighted by atomic mass is 16.5. The van der Waals surface area contributed by atoms with E-state index < -0.39 is 0 Å². The van der Waals surface area contributed by atoms with Crippen molar-refractivity contribution < 1.29 is 4.74 Å². The summed E-state index contributed by atoms with van der Waals surface area (Å²) < 4.78 is 6.08. The first-order valence-corrected chi connectivity index (χ1v) is 7.23. The number of likely N-dealkylation sites (N-methyl/N-ethyl adjacent to an activating group) is 1. The summed E-state index contributed by atoms with van der Waals surface area (Å²) in [6.45, 7) is 9.61. The van der Waals surface area contributed by atoms with Crippen molar-refractivity contribution in [2.45, 2.75) is 51.9 Å². The molecular formula is C16H26N2O. The van der Waals surface area contributed by atoms with Crippen LogP contribution in [0.25, 0.3) is 0 Å². The Bertz CT molecular complexity index is 400. The van der Waals surface area contributed by atoms with Crippen LogP contribution in [0.2, 0.25) is 0 Å². The lowest BCUT2D eigenvalue weighted by atomic mass is 10.1. The van der Waals surface area contributed by atoms with Crippen molar-refractivity contribution in [1.29, 1.82) is 0 Å². The first kappa shape index (κ1) is 14.4. The lowest BCUT2D eigenvalue weighted by Crippen LogP contribution is -2.33. The van der Waals surface area contributed by atoms with Crippen LogP contribution in [0.5, 0.6) is 0 Å². The summed E-state index contributed by atoms with van der Waals surface area (Å²) in [6.07, 6.45) is 2.71. The Morgan fingerprint density at radius 1 is 1.32 bits per heavy atom. The molecule has 1 aliphatic heterocycles. The zero-order chi connectivity index (χ0) is 13.9. The minimum atomic E-state index is 0.0608. The van der Waals surface area contributed by atoms with Gasteiger partial charge in [-0.2, -0.15) is 0 Å². The molecule has 1 heterocycles. The first-order chi connectivity index (χ1) is 8.98. The molecule has 1 unspecified atom stereocenters. The second-order valence-electron chi connectivity index (χ2n) is 6.11. The molecule has 0 spiro atoms. The van der Waals surface area contributed by atoms with E-state index in [0.29, 0.717) is 6.10 Å². The summed E-state index contributed by atoms with van der Waals surface area (Å²) in [5.74, 6) is 0. The molecule has 2 N–H and O–H groups in total. The maximum atomic E-state index is 6.08. The van der Waals surface area contributed by atoms with Gasteiger partial charge in [-0.15, -0.1) is 0 Å². The van der Waals surface area contributed by atoms with Gasteiger partial charge >= 0.3 is 0 Å². The molecule has 2 rings (SSSR count). The summed E-state index contributed by atoms with van der Waals surface area (Å²) in [6, 6.07) is 8.16. The molecule has 0 amide bonds. The SMILES string of the molecule is CCN(Cc1ccc(N)cc1)CC1CCC(C)(C)O1. The average molecular weight is 262 g/mol. The van der Waals surface area contributed by atoms with Crippen LogP contribution in [0.3, 0.4) is 0 Å². The van der Waals surface area contributed by atoms with Crippen molar-refractivity contribution in [2.24, 2.45) is 0 Å². The Labute approximate surface area is 116 Å². The van der Waals surface area contributed by atoms with E-state index >= 15 is 0 Å². The van der Waals surface area contributed by atoms with Gasteiger partial charge in [-0.1, -0.05) is 19.1 Å². The summed E-state index contributed by atoms with van der Waals surface area (Å²) >= 11 is 0. The second-order valence-corrected chi connectivity index (χ2v) is 6.11. The lowest BCUT2D eigenvalue weighted by Gasteiger charge is -2.26. The number of hydrogen-bond donors (Lipinski definition) is 1. The zero-order valence-electron chi connectivity index (χ0n) is 12.4. The topological polar surface area (TPSA) is 38.5 Å². The predicted molar refractivity (Wildman–Crippen MR) is 80.0 cm³/mol. The summed E-state index contributed by atoms with van der Waals surface area (Å²) in [7, 11) is 0. The van der Waals surface area contributed by atoms with Crippen LogP contribution in [0.4, 0.5) is 5.69 Å². The van der Waals surface area contributed by atoms with Crippen LogP contribution in [0.1, 0.15) is 39.2 Å². The Morgan fingerprint density at radius 3 is 2.53 bits per heavy atom. The maximum Gasteiger partial charge on any atom is 0.0710 e. The maximum absolute atomic E-state index is 6.08. The molecule has 19 heavy (non-hydrogen) atoms. The molecule has 1 fully saturated rings.